The van der Waals surface area contributed by atoms with E-state index >= 15 is 0 Å². The van der Waals surface area contributed by atoms with Gasteiger partial charge in [0.2, 0.25) is 0 Å². The second-order valence-corrected chi connectivity index (χ2v) is 8.09. The highest BCUT2D eigenvalue weighted by atomic mass is 32.2. The Balaban J connectivity index is 1.89. The van der Waals surface area contributed by atoms with E-state index in [0.29, 0.717) is 5.56 Å². The molecular weight excluding hydrogens is 314 g/mol. The molecule has 2 aromatic rings. The summed E-state index contributed by atoms with van der Waals surface area (Å²) >= 11 is 1.46. The van der Waals surface area contributed by atoms with Crippen LogP contribution >= 0.6 is 11.8 Å². The van der Waals surface area contributed by atoms with Crippen LogP contribution in [0.4, 0.5) is 8.78 Å². The van der Waals surface area contributed by atoms with Gasteiger partial charge in [-0.1, -0.05) is 19.9 Å². The van der Waals surface area contributed by atoms with Crippen molar-refractivity contribution < 1.29 is 13.6 Å². The topological polar surface area (TPSA) is 17.1 Å². The smallest absolute Gasteiger partial charge is 0.194 e. The average molecular weight is 330 g/mol. The first-order valence-electron chi connectivity index (χ1n) is 7.66. The summed E-state index contributed by atoms with van der Waals surface area (Å²) in [5.41, 5.74) is 3.74. The third-order valence-corrected chi connectivity index (χ3v) is 5.92. The van der Waals surface area contributed by atoms with Crippen molar-refractivity contribution in [2.45, 2.75) is 37.3 Å². The van der Waals surface area contributed by atoms with E-state index in [1.807, 2.05) is 12.1 Å². The lowest BCUT2D eigenvalue weighted by Gasteiger charge is -2.15. The summed E-state index contributed by atoms with van der Waals surface area (Å²) in [6, 6.07) is 6.31. The lowest BCUT2D eigenvalue weighted by Crippen LogP contribution is -2.10. The molecule has 0 atom stereocenters. The Hall–Kier alpha value is -1.68. The molecule has 118 valence electrons. The predicted octanol–water partition coefficient (Wildman–Crippen LogP) is 4.93. The standard InChI is InChI=1S/C19H16F2OS/c1-19(2)7-10-3-4-12-17(22)11-5-6-15(20)16(21)14(11)9-23-18(12)13(10)8-19/h3-6H,7-9H2,1-2H3. The first-order chi connectivity index (χ1) is 10.9. The van der Waals surface area contributed by atoms with Crippen molar-refractivity contribution in [1.29, 1.82) is 0 Å². The van der Waals surface area contributed by atoms with Crippen LogP contribution in [0, 0.1) is 17.0 Å². The summed E-state index contributed by atoms with van der Waals surface area (Å²) in [4.78, 5) is 13.8. The number of rotatable bonds is 0. The Morgan fingerprint density at radius 1 is 1.00 bits per heavy atom. The van der Waals surface area contributed by atoms with E-state index in [-0.39, 0.29) is 28.1 Å². The van der Waals surface area contributed by atoms with Crippen LogP contribution in [0.25, 0.3) is 0 Å². The Kier molecular flexibility index (Phi) is 3.17. The van der Waals surface area contributed by atoms with Gasteiger partial charge in [-0.15, -0.1) is 11.8 Å². The van der Waals surface area contributed by atoms with Crippen LogP contribution < -0.4 is 0 Å². The number of fused-ring (bicyclic) bond motifs is 4. The molecule has 0 bridgehead atoms. The van der Waals surface area contributed by atoms with Crippen molar-refractivity contribution in [2.24, 2.45) is 5.41 Å². The SMILES string of the molecule is CC1(C)Cc2ccc3c(c2C1)SCc1c(ccc(F)c1F)C3=O. The minimum absolute atomic E-state index is 0.178. The van der Waals surface area contributed by atoms with Crippen LogP contribution in [0.5, 0.6) is 0 Å². The van der Waals surface area contributed by atoms with Crippen LogP contribution in [0.15, 0.2) is 29.2 Å². The lowest BCUT2D eigenvalue weighted by molar-refractivity contribution is 0.103. The summed E-state index contributed by atoms with van der Waals surface area (Å²) in [5, 5.41) is 0. The lowest BCUT2D eigenvalue weighted by atomic mass is 9.90. The largest absolute Gasteiger partial charge is 0.289 e. The van der Waals surface area contributed by atoms with Gasteiger partial charge in [0.15, 0.2) is 17.4 Å². The number of ketones is 1. The van der Waals surface area contributed by atoms with Crippen molar-refractivity contribution in [1.82, 2.24) is 0 Å². The van der Waals surface area contributed by atoms with Crippen LogP contribution in [-0.2, 0) is 18.6 Å². The van der Waals surface area contributed by atoms with Crippen molar-refractivity contribution in [3.8, 4) is 0 Å². The van der Waals surface area contributed by atoms with Gasteiger partial charge in [0.1, 0.15) is 0 Å². The van der Waals surface area contributed by atoms with Crippen molar-refractivity contribution in [3.05, 3.63) is 63.7 Å². The summed E-state index contributed by atoms with van der Waals surface area (Å²) in [5.74, 6) is -1.71. The van der Waals surface area contributed by atoms with Crippen LogP contribution in [0.1, 0.15) is 46.5 Å². The van der Waals surface area contributed by atoms with Crippen LogP contribution in [0.2, 0.25) is 0 Å². The summed E-state index contributed by atoms with van der Waals surface area (Å²) in [6.45, 7) is 4.43. The van der Waals surface area contributed by atoms with Gasteiger partial charge in [0, 0.05) is 27.3 Å². The molecule has 1 aliphatic heterocycles. The van der Waals surface area contributed by atoms with Gasteiger partial charge in [-0.25, -0.2) is 8.78 Å². The van der Waals surface area contributed by atoms with E-state index in [4.69, 9.17) is 0 Å². The number of halogens is 2. The normalized spacial score (nSPS) is 18.2. The van der Waals surface area contributed by atoms with E-state index < -0.39 is 11.6 Å². The second-order valence-electron chi connectivity index (χ2n) is 7.10. The molecule has 0 amide bonds. The maximum atomic E-state index is 14.1. The minimum Gasteiger partial charge on any atom is -0.289 e. The fourth-order valence-electron chi connectivity index (χ4n) is 3.66. The first-order valence-corrected chi connectivity index (χ1v) is 8.65. The Labute approximate surface area is 138 Å². The van der Waals surface area contributed by atoms with E-state index in [1.165, 1.54) is 29.0 Å². The first kappa shape index (κ1) is 14.9. The molecule has 0 saturated carbocycles. The van der Waals surface area contributed by atoms with Crippen molar-refractivity contribution in [2.75, 3.05) is 0 Å². The van der Waals surface area contributed by atoms with E-state index in [2.05, 4.69) is 13.8 Å². The molecule has 1 aliphatic carbocycles. The molecule has 4 rings (SSSR count). The molecule has 1 heterocycles. The molecule has 0 aromatic heterocycles. The third kappa shape index (κ3) is 2.23. The molecular formula is C19H16F2OS. The molecule has 0 unspecified atom stereocenters. The number of benzene rings is 2. The summed E-state index contributed by atoms with van der Waals surface area (Å²) < 4.78 is 27.6. The third-order valence-electron chi connectivity index (χ3n) is 4.73. The summed E-state index contributed by atoms with van der Waals surface area (Å²) in [7, 11) is 0. The number of hydrogen-bond donors (Lipinski definition) is 0. The van der Waals surface area contributed by atoms with E-state index in [9.17, 15) is 13.6 Å². The quantitative estimate of drug-likeness (QED) is 0.681. The highest BCUT2D eigenvalue weighted by Crippen LogP contribution is 2.45. The highest BCUT2D eigenvalue weighted by molar-refractivity contribution is 7.98. The van der Waals surface area contributed by atoms with Crippen LogP contribution in [-0.4, -0.2) is 5.78 Å². The molecule has 0 spiro atoms. The Morgan fingerprint density at radius 2 is 1.74 bits per heavy atom. The zero-order valence-electron chi connectivity index (χ0n) is 13.0. The highest BCUT2D eigenvalue weighted by Gasteiger charge is 2.34. The molecule has 2 aromatic carbocycles. The number of hydrogen-bond acceptors (Lipinski definition) is 2. The number of carbonyl (C=O) groups is 1. The van der Waals surface area contributed by atoms with E-state index in [0.717, 1.165) is 23.8 Å². The van der Waals surface area contributed by atoms with Gasteiger partial charge in [0.25, 0.3) is 0 Å². The number of thioether (sulfide) groups is 1. The predicted molar refractivity (Wildman–Crippen MR) is 87.0 cm³/mol. The molecule has 1 nitrogen and oxygen atoms in total. The fourth-order valence-corrected chi connectivity index (χ4v) is 4.93. The molecule has 0 fully saturated rings. The fraction of sp³-hybridized carbons (Fsp3) is 0.316. The molecule has 23 heavy (non-hydrogen) atoms. The molecule has 2 aliphatic rings. The van der Waals surface area contributed by atoms with Gasteiger partial charge in [-0.3, -0.25) is 4.79 Å². The zero-order chi connectivity index (χ0) is 16.4. The maximum Gasteiger partial charge on any atom is 0.194 e. The zero-order valence-corrected chi connectivity index (χ0v) is 13.8. The molecule has 0 saturated heterocycles. The monoisotopic (exact) mass is 330 g/mol. The van der Waals surface area contributed by atoms with Gasteiger partial charge in [-0.2, -0.15) is 0 Å². The van der Waals surface area contributed by atoms with Crippen molar-refractivity contribution in [3.63, 3.8) is 0 Å². The van der Waals surface area contributed by atoms with Gasteiger partial charge in [-0.05, 0) is 47.6 Å². The maximum absolute atomic E-state index is 14.1. The van der Waals surface area contributed by atoms with E-state index in [1.54, 1.807) is 0 Å². The minimum atomic E-state index is -0.895. The number of carbonyl (C=O) groups excluding carboxylic acids is 1. The van der Waals surface area contributed by atoms with Crippen LogP contribution in [0.3, 0.4) is 0 Å². The van der Waals surface area contributed by atoms with Gasteiger partial charge in [0.05, 0.1) is 0 Å². The second kappa shape index (κ2) is 4.91. The van der Waals surface area contributed by atoms with Crippen molar-refractivity contribution >= 4 is 17.5 Å². The molecule has 0 radical (unpaired) electrons. The average Bonchev–Trinajstić information content (AvgIpc) is 2.73. The van der Waals surface area contributed by atoms with Gasteiger partial charge >= 0.3 is 0 Å². The molecule has 0 N–H and O–H groups in total. The molecule has 4 heteroatoms. The summed E-state index contributed by atoms with van der Waals surface area (Å²) in [6.07, 6.45) is 1.90. The van der Waals surface area contributed by atoms with Gasteiger partial charge < -0.3 is 0 Å². The Morgan fingerprint density at radius 3 is 2.52 bits per heavy atom. The Bertz CT molecular complexity index is 855.